The number of benzene rings is 3. The van der Waals surface area contributed by atoms with Crippen molar-refractivity contribution in [1.82, 2.24) is 68.8 Å². The topological polar surface area (TPSA) is 614 Å². The van der Waals surface area contributed by atoms with Crippen LogP contribution in [0.15, 0.2) is 118 Å². The van der Waals surface area contributed by atoms with Gasteiger partial charge in [0.2, 0.25) is 89.0 Å². The van der Waals surface area contributed by atoms with Crippen molar-refractivity contribution in [2.45, 2.75) is 163 Å². The van der Waals surface area contributed by atoms with E-state index in [1.807, 2.05) is 5.32 Å². The zero-order valence-electron chi connectivity index (χ0n) is 58.6. The quantitative estimate of drug-likeness (QED) is 0.0366. The number of rotatable bonds is 16. The number of aromatic amines is 1. The van der Waals surface area contributed by atoms with Crippen molar-refractivity contribution in [3.63, 3.8) is 0 Å². The highest BCUT2D eigenvalue weighted by Crippen LogP contribution is 2.17. The van der Waals surface area contributed by atoms with Gasteiger partial charge in [-0.2, -0.15) is 0 Å². The minimum Gasteiger partial charge on any atom is -0.480 e. The number of carboxylic acid groups (broad SMARTS) is 1. The number of hydrogen-bond acceptors (Lipinski definition) is 21. The van der Waals surface area contributed by atoms with Gasteiger partial charge in [-0.15, -0.1) is 0 Å². The summed E-state index contributed by atoms with van der Waals surface area (Å²) in [6.45, 7) is -1.25. The Balaban J connectivity index is 1.49. The summed E-state index contributed by atoms with van der Waals surface area (Å²) in [5, 5.41) is 105. The molecule has 109 heavy (non-hydrogen) atoms. The van der Waals surface area contributed by atoms with E-state index in [0.717, 1.165) is 34.1 Å². The molecule has 0 saturated carbocycles. The molecule has 0 aliphatic carbocycles. The zero-order chi connectivity index (χ0) is 80.3. The molecule has 38 nitrogen and oxygen atoms in total. The van der Waals surface area contributed by atoms with E-state index in [9.17, 15) is 108 Å². The van der Waals surface area contributed by atoms with Crippen molar-refractivity contribution in [1.29, 1.82) is 0 Å². The lowest BCUT2D eigenvalue weighted by Crippen LogP contribution is -2.64. The molecule has 3 heterocycles. The van der Waals surface area contributed by atoms with Gasteiger partial charge in [0.05, 0.1) is 50.4 Å². The Morgan fingerprint density at radius 3 is 1.72 bits per heavy atom. The first kappa shape index (κ1) is 87.0. The molecule has 0 spiro atoms. The van der Waals surface area contributed by atoms with E-state index in [-0.39, 0.29) is 18.5 Å². The Morgan fingerprint density at radius 2 is 1.11 bits per heavy atom. The number of halogens is 2. The molecule has 3 aromatic carbocycles. The third kappa shape index (κ3) is 28.0. The molecule has 4 bridgehead atoms. The van der Waals surface area contributed by atoms with Crippen LogP contribution in [0.2, 0.25) is 0 Å². The fraction of sp³-hybridized carbons (Fsp3) is 0.420. The van der Waals surface area contributed by atoms with Crippen LogP contribution in [0.1, 0.15) is 68.3 Å². The highest BCUT2D eigenvalue weighted by molar-refractivity contribution is 9.10. The largest absolute Gasteiger partial charge is 0.480 e. The molecule has 14 amide bonds. The number of carbonyl (C=O) groups is 15. The lowest BCUT2D eigenvalue weighted by molar-refractivity contribution is -0.696. The van der Waals surface area contributed by atoms with Crippen LogP contribution in [0.4, 0.5) is 0 Å². The summed E-state index contributed by atoms with van der Waals surface area (Å²) in [6, 6.07) is -0.645. The van der Waals surface area contributed by atoms with Crippen molar-refractivity contribution in [2.24, 2.45) is 11.5 Å². The minimum absolute atomic E-state index is 0.0800. The van der Waals surface area contributed by atoms with E-state index in [2.05, 4.69) is 95.3 Å². The van der Waals surface area contributed by atoms with Crippen LogP contribution >= 0.6 is 31.9 Å². The predicted octanol–water partition coefficient (Wildman–Crippen LogP) is -7.56. The highest BCUT2D eigenvalue weighted by atomic mass is 79.9. The van der Waals surface area contributed by atoms with Crippen LogP contribution in [-0.4, -0.2) is 240 Å². The number of nitrogens with one attached hydrogen (secondary N) is 13. The zero-order valence-corrected chi connectivity index (χ0v) is 61.8. The van der Waals surface area contributed by atoms with Gasteiger partial charge in [-0.3, -0.25) is 67.1 Å². The number of nitrogens with zero attached hydrogens (tertiary/aromatic N) is 1. The number of aliphatic hydroxyl groups is 6. The van der Waals surface area contributed by atoms with Crippen molar-refractivity contribution < 1.29 is 112 Å². The summed E-state index contributed by atoms with van der Waals surface area (Å²) < 4.78 is 2.47. The Labute approximate surface area is 638 Å². The number of aromatic nitrogens is 2. The maximum atomic E-state index is 14.9. The molecule has 2 aliphatic heterocycles. The number of allylic oxidation sites excluding steroid dienone is 2. The van der Waals surface area contributed by atoms with E-state index < -0.39 is 244 Å². The third-order valence-corrected chi connectivity index (χ3v) is 17.9. The first-order chi connectivity index (χ1) is 51.6. The van der Waals surface area contributed by atoms with Crippen LogP contribution in [0, 0.1) is 0 Å². The molecule has 15 atom stereocenters. The van der Waals surface area contributed by atoms with Crippen molar-refractivity contribution in [3.8, 4) is 0 Å². The number of carbonyl (C=O) groups excluding carboxylic acids is 14. The number of aliphatic hydroxyl groups excluding tert-OH is 6. The van der Waals surface area contributed by atoms with Crippen LogP contribution < -0.4 is 79.8 Å². The normalized spacial score (nSPS) is 25.4. The van der Waals surface area contributed by atoms with Gasteiger partial charge < -0.3 is 111 Å². The average Bonchev–Trinajstić information content (AvgIpc) is 1.62. The molecule has 24 N–H and O–H groups in total. The smallest absolute Gasteiger partial charge is 0.326 e. The van der Waals surface area contributed by atoms with Gasteiger partial charge in [0.25, 0.3) is 0 Å². The van der Waals surface area contributed by atoms with E-state index in [1.54, 1.807) is 85.8 Å². The second-order valence-electron chi connectivity index (χ2n) is 25.7. The summed E-state index contributed by atoms with van der Waals surface area (Å²) in [5.74, 6) is -20.0. The number of imidazole rings is 1. The van der Waals surface area contributed by atoms with E-state index in [4.69, 9.17) is 11.5 Å². The van der Waals surface area contributed by atoms with Gasteiger partial charge in [0.1, 0.15) is 78.9 Å². The van der Waals surface area contributed by atoms with Crippen LogP contribution in [-0.2, 0) is 97.7 Å². The number of carboxylic acids is 1. The molecule has 0 radical (unpaired) electrons. The second-order valence-corrected chi connectivity index (χ2v) is 27.5. The van der Waals surface area contributed by atoms with Crippen LogP contribution in [0.25, 0.3) is 6.08 Å². The summed E-state index contributed by atoms with van der Waals surface area (Å²) in [5.41, 5.74) is 12.8. The first-order valence-corrected chi connectivity index (χ1v) is 35.5. The summed E-state index contributed by atoms with van der Waals surface area (Å²) in [4.78, 5) is 213. The SMILES string of the molecule is CC(/C=C/c1ccc(Br)cc1)=C\[C@H](O)[C@@H]1CC(=O)N[C@@H](CO)C(=O)N[C@@H]2C[n+]3c[nH]c(c3)C[C@H](NC(=O)C[C@H](O)C[C@@H](C(=O)O)NC(=O)CCNC(=O)[C@H](Cc3ccc(Br)cc3)NC(=O)[C@H]([C@@H](O)C(N)=O)NC(=O)[C@H](CC(N)=O)NC2=O)C(=O)N[C@@H]([C@H](C)O)C(=O)N[C@@H](CO)C(=O)N[C@@H](Cc2ccccc2)C(=O)N1. The molecule has 4 aromatic rings. The van der Waals surface area contributed by atoms with Gasteiger partial charge in [-0.25, -0.2) is 14.3 Å². The molecule has 1 aromatic heterocycles. The standard InChI is InChI=1S/C69H86Br2N16O22/c1-33(8-9-35-10-14-38(70)15-11-35)20-51(92)42-27-55(96)78-49(30-88)65(104)83-48-29-87-28-40(75-32-87)23-45(62(101)85-56(34(2)90)67(106)84-50(31-89)66(105)80-44(61(100)79-42)21-36-6-4-3-5-7-36)76-54(95)25-41(91)24-47(69(108)109)77-53(94)18-19-74-60(99)43(22-37-12-16-39(71)17-13-37)82-68(107)57(58(97)59(73)98)86-63(102)46(26-52(72)93)81-64(48)103/h3-17,20,28,32,34,41-51,56-58,88-92,97H,18-19,21-27,29-31H2,1-2H3,(H17,72,73,74,76,77,78,79,80,81,82,83,84,85,86,93,94,95,96,98,99,100,101,102,103,104,105,106,107,108,109)/p+1/b9-8+,33-20+/t34-,41+,42-,43-,44-,45-,46-,47-,48+,49-,50-,51-,56-,57-,58+/m0/s1. The van der Waals surface area contributed by atoms with Gasteiger partial charge >= 0.3 is 5.97 Å². The minimum atomic E-state index is -2.65. The first-order valence-electron chi connectivity index (χ1n) is 33.9. The average molecular weight is 1650 g/mol. The van der Waals surface area contributed by atoms with Crippen molar-refractivity contribution in [3.05, 3.63) is 140 Å². The maximum Gasteiger partial charge on any atom is 0.326 e. The molecular formula is C69H87Br2N16O22+. The van der Waals surface area contributed by atoms with Crippen LogP contribution in [0.5, 0.6) is 0 Å². The summed E-state index contributed by atoms with van der Waals surface area (Å²) in [6.07, 6.45) is -7.55. The monoisotopic (exact) mass is 1650 g/mol. The van der Waals surface area contributed by atoms with Crippen molar-refractivity contribution >= 4 is 127 Å². The Kier molecular flexibility index (Phi) is 33.6. The fourth-order valence-electron chi connectivity index (χ4n) is 11.1. The number of amides is 14. The number of nitrogens with two attached hydrogens (primary N) is 2. The summed E-state index contributed by atoms with van der Waals surface area (Å²) in [7, 11) is 0. The molecule has 0 fully saturated rings. The predicted molar refractivity (Wildman–Crippen MR) is 387 cm³/mol. The molecule has 0 saturated heterocycles. The number of hydrogen-bond donors (Lipinski definition) is 22. The Hall–Kier alpha value is -10.9. The van der Waals surface area contributed by atoms with Gasteiger partial charge in [0, 0.05) is 54.0 Å². The molecule has 40 heteroatoms. The highest BCUT2D eigenvalue weighted by Gasteiger charge is 2.41. The van der Waals surface area contributed by atoms with Gasteiger partial charge in [-0.1, -0.05) is 110 Å². The maximum absolute atomic E-state index is 14.9. The van der Waals surface area contributed by atoms with E-state index >= 15 is 0 Å². The van der Waals surface area contributed by atoms with E-state index in [1.165, 1.54) is 18.2 Å². The van der Waals surface area contributed by atoms with Crippen molar-refractivity contribution in [2.75, 3.05) is 19.8 Å². The lowest BCUT2D eigenvalue weighted by atomic mass is 10.0. The molecule has 588 valence electrons. The van der Waals surface area contributed by atoms with Gasteiger partial charge in [0.15, 0.2) is 6.10 Å². The molecule has 2 aliphatic rings. The Bertz CT molecular complexity index is 4020. The molecule has 0 unspecified atom stereocenters. The summed E-state index contributed by atoms with van der Waals surface area (Å²) >= 11 is 6.66. The molecular weight excluding hydrogens is 1560 g/mol. The van der Waals surface area contributed by atoms with E-state index in [0.29, 0.717) is 21.2 Å². The number of aliphatic carboxylic acids is 1. The second kappa shape index (κ2) is 42.0. The van der Waals surface area contributed by atoms with Crippen LogP contribution in [0.3, 0.4) is 0 Å². The third-order valence-electron chi connectivity index (χ3n) is 16.9. The van der Waals surface area contributed by atoms with Gasteiger partial charge in [-0.05, 0) is 54.8 Å². The Morgan fingerprint density at radius 1 is 0.578 bits per heavy atom. The number of fused-ring (bicyclic) bond motifs is 2. The fourth-order valence-corrected chi connectivity index (χ4v) is 11.6. The lowest BCUT2D eigenvalue weighted by Gasteiger charge is -2.28. The number of H-pyrrole nitrogens is 1. The number of primary amides is 2. The molecule has 6 rings (SSSR count).